The summed E-state index contributed by atoms with van der Waals surface area (Å²) in [5.74, 6) is 1.31. The van der Waals surface area contributed by atoms with E-state index >= 15 is 0 Å². The van der Waals surface area contributed by atoms with Crippen molar-refractivity contribution in [2.45, 2.75) is 25.9 Å². The number of furan rings is 1. The highest BCUT2D eigenvalue weighted by atomic mass is 16.5. The van der Waals surface area contributed by atoms with Gasteiger partial charge in [0, 0.05) is 0 Å². The van der Waals surface area contributed by atoms with Gasteiger partial charge in [0.25, 0.3) is 0 Å². The summed E-state index contributed by atoms with van der Waals surface area (Å²) in [5, 5.41) is 6.05. The Labute approximate surface area is 124 Å². The third-order valence-electron chi connectivity index (χ3n) is 3.23. The molecular formula is C16H20N2O3. The van der Waals surface area contributed by atoms with E-state index in [2.05, 4.69) is 10.6 Å². The number of carbonyl (C=O) groups excluding carboxylic acids is 1. The number of rotatable bonds is 6. The van der Waals surface area contributed by atoms with Crippen molar-refractivity contribution in [2.75, 3.05) is 12.4 Å². The molecule has 2 rings (SSSR count). The fraction of sp³-hybridized carbons (Fsp3) is 0.312. The van der Waals surface area contributed by atoms with E-state index in [1.807, 2.05) is 38.1 Å². The van der Waals surface area contributed by atoms with Crippen LogP contribution in [0.4, 0.5) is 5.69 Å². The minimum atomic E-state index is -0.366. The van der Waals surface area contributed by atoms with Gasteiger partial charge < -0.3 is 14.5 Å². The zero-order valence-corrected chi connectivity index (χ0v) is 12.4. The Morgan fingerprint density at radius 1 is 1.19 bits per heavy atom. The minimum absolute atomic E-state index is 0.0431. The second-order valence-corrected chi connectivity index (χ2v) is 4.81. The molecule has 0 spiro atoms. The average molecular weight is 288 g/mol. The van der Waals surface area contributed by atoms with Crippen LogP contribution in [0.3, 0.4) is 0 Å². The molecule has 0 saturated carbocycles. The van der Waals surface area contributed by atoms with Crippen LogP contribution in [0.25, 0.3) is 0 Å². The van der Waals surface area contributed by atoms with Gasteiger partial charge in [-0.2, -0.15) is 0 Å². The summed E-state index contributed by atoms with van der Waals surface area (Å²) in [5.41, 5.74) is 0.657. The first-order valence-corrected chi connectivity index (χ1v) is 6.85. The predicted molar refractivity (Wildman–Crippen MR) is 81.3 cm³/mol. The van der Waals surface area contributed by atoms with E-state index in [4.69, 9.17) is 9.15 Å². The lowest BCUT2D eigenvalue weighted by atomic mass is 10.2. The van der Waals surface area contributed by atoms with Crippen LogP contribution in [0.2, 0.25) is 0 Å². The van der Waals surface area contributed by atoms with Crippen molar-refractivity contribution < 1.29 is 13.9 Å². The van der Waals surface area contributed by atoms with Gasteiger partial charge in [0.05, 0.1) is 31.1 Å². The number of hydrogen-bond donors (Lipinski definition) is 2. The maximum atomic E-state index is 12.2. The second kappa shape index (κ2) is 6.95. The van der Waals surface area contributed by atoms with E-state index in [0.717, 1.165) is 5.76 Å². The topological polar surface area (TPSA) is 63.5 Å². The van der Waals surface area contributed by atoms with Gasteiger partial charge in [0.2, 0.25) is 5.91 Å². The maximum absolute atomic E-state index is 12.2. The number of ether oxygens (including phenoxy) is 1. The van der Waals surface area contributed by atoms with Gasteiger partial charge in [-0.3, -0.25) is 10.1 Å². The molecule has 2 atom stereocenters. The molecule has 0 unspecified atom stereocenters. The zero-order valence-electron chi connectivity index (χ0n) is 12.4. The van der Waals surface area contributed by atoms with Crippen LogP contribution in [0.15, 0.2) is 47.1 Å². The molecule has 1 amide bonds. The van der Waals surface area contributed by atoms with Crippen LogP contribution >= 0.6 is 0 Å². The van der Waals surface area contributed by atoms with Crippen molar-refractivity contribution in [1.29, 1.82) is 0 Å². The molecule has 0 radical (unpaired) electrons. The van der Waals surface area contributed by atoms with Gasteiger partial charge in [-0.15, -0.1) is 0 Å². The van der Waals surface area contributed by atoms with Crippen LogP contribution in [0.5, 0.6) is 5.75 Å². The van der Waals surface area contributed by atoms with Crippen LogP contribution < -0.4 is 15.4 Å². The van der Waals surface area contributed by atoms with Crippen LogP contribution in [0.1, 0.15) is 25.6 Å². The highest BCUT2D eigenvalue weighted by Crippen LogP contribution is 2.23. The molecule has 1 aromatic heterocycles. The summed E-state index contributed by atoms with van der Waals surface area (Å²) in [6.07, 6.45) is 1.62. The smallest absolute Gasteiger partial charge is 0.241 e. The van der Waals surface area contributed by atoms with Crippen molar-refractivity contribution >= 4 is 11.6 Å². The lowest BCUT2D eigenvalue weighted by Crippen LogP contribution is -2.39. The Morgan fingerprint density at radius 3 is 2.62 bits per heavy atom. The zero-order chi connectivity index (χ0) is 15.2. The average Bonchev–Trinajstić information content (AvgIpc) is 3.02. The molecule has 1 aromatic carbocycles. The molecule has 0 aliphatic rings. The molecule has 5 nitrogen and oxygen atoms in total. The number of amides is 1. The molecule has 0 bridgehead atoms. The van der Waals surface area contributed by atoms with E-state index in [1.54, 1.807) is 25.5 Å². The third kappa shape index (κ3) is 3.86. The van der Waals surface area contributed by atoms with Crippen LogP contribution in [0, 0.1) is 0 Å². The summed E-state index contributed by atoms with van der Waals surface area (Å²) < 4.78 is 10.5. The number of carbonyl (C=O) groups is 1. The molecule has 0 fully saturated rings. The first kappa shape index (κ1) is 15.1. The lowest BCUT2D eigenvalue weighted by Gasteiger charge is -2.19. The van der Waals surface area contributed by atoms with Gasteiger partial charge in [-0.25, -0.2) is 0 Å². The molecular weight excluding hydrogens is 268 g/mol. The Morgan fingerprint density at radius 2 is 1.95 bits per heavy atom. The molecule has 1 heterocycles. The monoisotopic (exact) mass is 288 g/mol. The van der Waals surface area contributed by atoms with E-state index in [-0.39, 0.29) is 18.0 Å². The Bertz CT molecular complexity index is 581. The number of nitrogens with one attached hydrogen (secondary N) is 2. The van der Waals surface area contributed by atoms with E-state index in [0.29, 0.717) is 11.4 Å². The van der Waals surface area contributed by atoms with Crippen molar-refractivity contribution in [3.8, 4) is 5.75 Å². The first-order valence-electron chi connectivity index (χ1n) is 6.85. The van der Waals surface area contributed by atoms with Gasteiger partial charge in [-0.05, 0) is 38.1 Å². The Hall–Kier alpha value is -2.27. The normalized spacial score (nSPS) is 13.5. The molecule has 2 N–H and O–H groups in total. The highest BCUT2D eigenvalue weighted by Gasteiger charge is 2.18. The number of benzene rings is 1. The molecule has 0 saturated heterocycles. The number of para-hydroxylation sites is 2. The fourth-order valence-corrected chi connectivity index (χ4v) is 2.06. The second-order valence-electron chi connectivity index (χ2n) is 4.81. The third-order valence-corrected chi connectivity index (χ3v) is 3.23. The summed E-state index contributed by atoms with van der Waals surface area (Å²) in [6.45, 7) is 3.76. The quantitative estimate of drug-likeness (QED) is 0.857. The standard InChI is InChI=1S/C16H20N2O3/c1-11(14-9-6-10-21-14)17-12(2)16(19)18-13-7-4-5-8-15(13)20-3/h4-12,17H,1-3H3,(H,18,19)/t11-,12-/m0/s1. The fourth-order valence-electron chi connectivity index (χ4n) is 2.06. The molecule has 5 heteroatoms. The van der Waals surface area contributed by atoms with Crippen molar-refractivity contribution in [3.05, 3.63) is 48.4 Å². The summed E-state index contributed by atoms with van der Waals surface area (Å²) in [4.78, 5) is 12.2. The van der Waals surface area contributed by atoms with Crippen molar-refractivity contribution in [3.63, 3.8) is 0 Å². The summed E-state index contributed by atoms with van der Waals surface area (Å²) >= 11 is 0. The number of anilines is 1. The van der Waals surface area contributed by atoms with Crippen molar-refractivity contribution in [1.82, 2.24) is 5.32 Å². The Balaban J connectivity index is 1.96. The maximum Gasteiger partial charge on any atom is 0.241 e. The first-order chi connectivity index (χ1) is 10.1. The largest absolute Gasteiger partial charge is 0.495 e. The summed E-state index contributed by atoms with van der Waals surface area (Å²) in [7, 11) is 1.58. The Kier molecular flexibility index (Phi) is 5.00. The van der Waals surface area contributed by atoms with E-state index in [1.165, 1.54) is 0 Å². The van der Waals surface area contributed by atoms with Crippen LogP contribution in [-0.4, -0.2) is 19.1 Å². The SMILES string of the molecule is COc1ccccc1NC(=O)[C@H](C)N[C@@H](C)c1ccco1. The summed E-state index contributed by atoms with van der Waals surface area (Å²) in [6, 6.07) is 10.6. The van der Waals surface area contributed by atoms with Gasteiger partial charge in [0.15, 0.2) is 0 Å². The van der Waals surface area contributed by atoms with Gasteiger partial charge in [-0.1, -0.05) is 12.1 Å². The predicted octanol–water partition coefficient (Wildman–Crippen LogP) is 2.97. The molecule has 112 valence electrons. The minimum Gasteiger partial charge on any atom is -0.495 e. The molecule has 0 aliphatic heterocycles. The molecule has 0 aliphatic carbocycles. The highest BCUT2D eigenvalue weighted by molar-refractivity contribution is 5.95. The molecule has 2 aromatic rings. The van der Waals surface area contributed by atoms with Gasteiger partial charge in [0.1, 0.15) is 11.5 Å². The number of hydrogen-bond acceptors (Lipinski definition) is 4. The van der Waals surface area contributed by atoms with E-state index in [9.17, 15) is 4.79 Å². The number of methoxy groups -OCH3 is 1. The molecule has 21 heavy (non-hydrogen) atoms. The van der Waals surface area contributed by atoms with Crippen molar-refractivity contribution in [2.24, 2.45) is 0 Å². The van der Waals surface area contributed by atoms with Gasteiger partial charge >= 0.3 is 0 Å². The lowest BCUT2D eigenvalue weighted by molar-refractivity contribution is -0.118. The van der Waals surface area contributed by atoms with E-state index < -0.39 is 0 Å². The van der Waals surface area contributed by atoms with Crippen LogP contribution in [-0.2, 0) is 4.79 Å².